The van der Waals surface area contributed by atoms with Gasteiger partial charge in [0.2, 0.25) is 10.6 Å². The average Bonchev–Trinajstić information content (AvgIpc) is 3.32. The van der Waals surface area contributed by atoms with E-state index in [0.717, 1.165) is 30.5 Å². The molecule has 0 fully saturated rings. The number of nitrogens with zero attached hydrogens (tertiary/aromatic N) is 5. The Morgan fingerprint density at radius 3 is 2.30 bits per heavy atom. The molecule has 4 aromatic heterocycles. The molecule has 0 saturated heterocycles. The molecule has 0 unspecified atom stereocenters. The van der Waals surface area contributed by atoms with E-state index in [1.165, 1.54) is 23.5 Å². The summed E-state index contributed by atoms with van der Waals surface area (Å²) in [6.45, 7) is 0. The van der Waals surface area contributed by atoms with Crippen LogP contribution in [-0.4, -0.2) is 24.9 Å². The van der Waals surface area contributed by atoms with Gasteiger partial charge in [-0.1, -0.05) is 12.1 Å². The van der Waals surface area contributed by atoms with Crippen molar-refractivity contribution in [2.75, 3.05) is 0 Å². The number of nitro benzene ring substituents is 1. The van der Waals surface area contributed by atoms with Crippen molar-refractivity contribution in [1.82, 2.24) is 19.9 Å². The lowest BCUT2D eigenvalue weighted by atomic mass is 10.1. The van der Waals surface area contributed by atoms with Crippen molar-refractivity contribution in [3.05, 3.63) is 72.6 Å². The van der Waals surface area contributed by atoms with Crippen LogP contribution in [0.2, 0.25) is 10.6 Å². The number of rotatable bonds is 2. The van der Waals surface area contributed by atoms with Crippen molar-refractivity contribution >= 4 is 87.9 Å². The minimum Gasteiger partial charge on any atom is -0.258 e. The van der Waals surface area contributed by atoms with Gasteiger partial charge in [-0.25, -0.2) is 19.9 Å². The van der Waals surface area contributed by atoms with Crippen molar-refractivity contribution in [2.24, 2.45) is 0 Å². The quantitative estimate of drug-likeness (QED) is 0.135. The molecule has 1 aromatic carbocycles. The molecular weight excluding hydrogens is 533 g/mol. The molecular formula is C18H8BrCl2N5O2S2. The van der Waals surface area contributed by atoms with Gasteiger partial charge in [-0.05, 0) is 44.7 Å². The number of non-ortho nitro benzene ring substituents is 1. The third-order valence-electron chi connectivity index (χ3n) is 3.89. The fourth-order valence-corrected chi connectivity index (χ4v) is 5.15. The molecule has 150 valence electrons. The maximum absolute atomic E-state index is 10.8. The summed E-state index contributed by atoms with van der Waals surface area (Å²) in [4.78, 5) is 26.4. The van der Waals surface area contributed by atoms with Crippen LogP contribution in [0.5, 0.6) is 0 Å². The minimum absolute atomic E-state index is 0.0528. The van der Waals surface area contributed by atoms with E-state index in [-0.39, 0.29) is 16.3 Å². The molecule has 12 heteroatoms. The van der Waals surface area contributed by atoms with Gasteiger partial charge in [0.15, 0.2) is 0 Å². The second-order valence-corrected chi connectivity index (χ2v) is 9.10. The lowest BCUT2D eigenvalue weighted by molar-refractivity contribution is -0.384. The van der Waals surface area contributed by atoms with Gasteiger partial charge in [0, 0.05) is 40.8 Å². The second-order valence-electron chi connectivity index (χ2n) is 5.74. The van der Waals surface area contributed by atoms with Gasteiger partial charge < -0.3 is 0 Å². The van der Waals surface area contributed by atoms with Gasteiger partial charge in [0.1, 0.15) is 5.52 Å². The maximum atomic E-state index is 10.8. The summed E-state index contributed by atoms with van der Waals surface area (Å²) in [7, 11) is 0. The smallest absolute Gasteiger partial charge is 0.258 e. The molecule has 5 rings (SSSR count). The topological polar surface area (TPSA) is 94.7 Å². The van der Waals surface area contributed by atoms with E-state index in [0.29, 0.717) is 5.52 Å². The maximum Gasteiger partial charge on any atom is 0.270 e. The highest BCUT2D eigenvalue weighted by Crippen LogP contribution is 2.34. The van der Waals surface area contributed by atoms with Crippen LogP contribution in [0.25, 0.3) is 31.6 Å². The molecule has 0 atom stereocenters. The van der Waals surface area contributed by atoms with Crippen LogP contribution >= 0.6 is 61.8 Å². The lowest BCUT2D eigenvalue weighted by Gasteiger charge is -1.99. The van der Waals surface area contributed by atoms with E-state index in [1.807, 2.05) is 16.8 Å². The Kier molecular flexibility index (Phi) is 6.21. The third kappa shape index (κ3) is 4.42. The van der Waals surface area contributed by atoms with E-state index in [9.17, 15) is 10.1 Å². The number of benzene rings is 1. The summed E-state index contributed by atoms with van der Waals surface area (Å²) in [6.07, 6.45) is 3.37. The first kappa shape index (κ1) is 21.0. The monoisotopic (exact) mass is 539 g/mol. The summed E-state index contributed by atoms with van der Waals surface area (Å²) in [6, 6.07) is 6.45. The average molecular weight is 541 g/mol. The van der Waals surface area contributed by atoms with Crippen LogP contribution in [0.3, 0.4) is 0 Å². The molecule has 0 radical (unpaired) electrons. The molecule has 0 saturated carbocycles. The molecule has 0 aliphatic rings. The summed E-state index contributed by atoms with van der Waals surface area (Å²) in [5.74, 6) is 0. The van der Waals surface area contributed by atoms with Gasteiger partial charge >= 0.3 is 0 Å². The predicted molar refractivity (Wildman–Crippen MR) is 125 cm³/mol. The van der Waals surface area contributed by atoms with Crippen molar-refractivity contribution in [2.45, 2.75) is 0 Å². The Morgan fingerprint density at radius 1 is 0.967 bits per heavy atom. The number of nitro groups is 1. The fraction of sp³-hybridized carbons (Fsp3) is 0. The highest BCUT2D eigenvalue weighted by molar-refractivity contribution is 9.10. The summed E-state index contributed by atoms with van der Waals surface area (Å²) < 4.78 is 2.91. The number of aromatic nitrogens is 4. The molecule has 0 bridgehead atoms. The number of hydrogen-bond donors (Lipinski definition) is 0. The molecule has 0 N–H and O–H groups in total. The Labute approximate surface area is 195 Å². The largest absolute Gasteiger partial charge is 0.270 e. The molecule has 0 amide bonds. The molecule has 0 aliphatic heterocycles. The van der Waals surface area contributed by atoms with Crippen molar-refractivity contribution in [3.63, 3.8) is 0 Å². The molecule has 7 nitrogen and oxygen atoms in total. The normalized spacial score (nSPS) is 10.8. The zero-order chi connectivity index (χ0) is 21.3. The SMILES string of the molecule is Clc1ncc2scc(Br)c2n1.O=[N+]([O-])c1cccc(-c2csc3cnc(Cl)nc23)c1. The standard InChI is InChI=1S/C12H6ClN3O2S.C6H2BrClN2S/c13-12-14-5-10-11(15-12)9(6-19-10)7-2-1-3-8(4-7)16(17)18;7-3-2-11-4-1-9-6(8)10-5(3)4/h1-6H;1-2H. The van der Waals surface area contributed by atoms with Gasteiger partial charge in [0.05, 0.1) is 24.3 Å². The van der Waals surface area contributed by atoms with Gasteiger partial charge in [-0.2, -0.15) is 0 Å². The lowest BCUT2D eigenvalue weighted by Crippen LogP contribution is -1.88. The van der Waals surface area contributed by atoms with E-state index in [1.54, 1.807) is 29.8 Å². The number of hydrogen-bond acceptors (Lipinski definition) is 8. The van der Waals surface area contributed by atoms with Crippen molar-refractivity contribution < 1.29 is 4.92 Å². The van der Waals surface area contributed by atoms with Crippen LogP contribution in [-0.2, 0) is 0 Å². The van der Waals surface area contributed by atoms with Crippen LogP contribution in [0.4, 0.5) is 5.69 Å². The highest BCUT2D eigenvalue weighted by atomic mass is 79.9. The highest BCUT2D eigenvalue weighted by Gasteiger charge is 2.12. The van der Waals surface area contributed by atoms with Crippen molar-refractivity contribution in [3.8, 4) is 11.1 Å². The first-order chi connectivity index (χ1) is 14.4. The van der Waals surface area contributed by atoms with Crippen molar-refractivity contribution in [1.29, 1.82) is 0 Å². The predicted octanol–water partition coefficient (Wildman–Crippen LogP) is 7.03. The van der Waals surface area contributed by atoms with E-state index in [2.05, 4.69) is 35.9 Å². The molecule has 30 heavy (non-hydrogen) atoms. The van der Waals surface area contributed by atoms with E-state index >= 15 is 0 Å². The molecule has 5 aromatic rings. The number of fused-ring (bicyclic) bond motifs is 2. The van der Waals surface area contributed by atoms with E-state index < -0.39 is 4.92 Å². The Morgan fingerprint density at radius 2 is 1.60 bits per heavy atom. The van der Waals surface area contributed by atoms with Crippen LogP contribution in [0.1, 0.15) is 0 Å². The summed E-state index contributed by atoms with van der Waals surface area (Å²) in [5.41, 5.74) is 3.22. The molecule has 4 heterocycles. The third-order valence-corrected chi connectivity index (χ3v) is 6.98. The Bertz CT molecular complexity index is 1390. The minimum atomic E-state index is -0.417. The zero-order valence-electron chi connectivity index (χ0n) is 14.6. The first-order valence-electron chi connectivity index (χ1n) is 8.12. The second kappa shape index (κ2) is 8.86. The van der Waals surface area contributed by atoms with Gasteiger partial charge in [-0.3, -0.25) is 10.1 Å². The van der Waals surface area contributed by atoms with E-state index in [4.69, 9.17) is 23.2 Å². The van der Waals surface area contributed by atoms with Crippen LogP contribution < -0.4 is 0 Å². The number of halogens is 3. The Hall–Kier alpha value is -2.24. The first-order valence-corrected chi connectivity index (χ1v) is 11.4. The summed E-state index contributed by atoms with van der Waals surface area (Å²) in [5, 5.41) is 15.1. The Balaban J connectivity index is 0.000000168. The van der Waals surface area contributed by atoms with Gasteiger partial charge in [-0.15, -0.1) is 22.7 Å². The van der Waals surface area contributed by atoms with Gasteiger partial charge in [0.25, 0.3) is 5.69 Å². The molecule has 0 aliphatic carbocycles. The number of thiophene rings is 2. The summed E-state index contributed by atoms with van der Waals surface area (Å²) >= 11 is 17.8. The van der Waals surface area contributed by atoms with Crippen LogP contribution in [0.15, 0.2) is 51.9 Å². The fourth-order valence-electron chi connectivity index (χ4n) is 2.58. The van der Waals surface area contributed by atoms with Crippen LogP contribution in [0, 0.1) is 10.1 Å². The zero-order valence-corrected chi connectivity index (χ0v) is 19.4. The molecule has 0 spiro atoms.